The standard InChI is InChI=1S/C9H13NO3S/c1-3-13-5-4-7-10-8(9(11)12)6(2)14-7/h3-5H2,1-2H3,(H,11,12). The summed E-state index contributed by atoms with van der Waals surface area (Å²) in [7, 11) is 0. The Bertz CT molecular complexity index is 322. The molecule has 0 radical (unpaired) electrons. The van der Waals surface area contributed by atoms with Gasteiger partial charge in [-0.05, 0) is 13.8 Å². The predicted octanol–water partition coefficient (Wildman–Crippen LogP) is 1.73. The van der Waals surface area contributed by atoms with Crippen LogP contribution in [0.1, 0.15) is 27.3 Å². The number of thiazole rings is 1. The van der Waals surface area contributed by atoms with Crippen molar-refractivity contribution in [3.8, 4) is 0 Å². The first-order valence-corrected chi connectivity index (χ1v) is 5.24. The van der Waals surface area contributed by atoms with Crippen molar-refractivity contribution in [2.24, 2.45) is 0 Å². The van der Waals surface area contributed by atoms with E-state index in [2.05, 4.69) is 4.98 Å². The van der Waals surface area contributed by atoms with Gasteiger partial charge in [-0.1, -0.05) is 0 Å². The average Bonchev–Trinajstić information content (AvgIpc) is 2.47. The van der Waals surface area contributed by atoms with E-state index in [1.165, 1.54) is 11.3 Å². The lowest BCUT2D eigenvalue weighted by atomic mass is 10.4. The third-order valence-electron chi connectivity index (χ3n) is 1.71. The minimum atomic E-state index is -0.957. The first-order valence-electron chi connectivity index (χ1n) is 4.42. The first-order chi connectivity index (χ1) is 6.65. The summed E-state index contributed by atoms with van der Waals surface area (Å²) in [6, 6.07) is 0. The second kappa shape index (κ2) is 5.07. The SMILES string of the molecule is CCOCCc1nc(C(=O)O)c(C)s1. The summed E-state index contributed by atoms with van der Waals surface area (Å²) in [5, 5.41) is 9.59. The molecule has 0 aliphatic rings. The molecule has 0 saturated heterocycles. The Morgan fingerprint density at radius 3 is 2.86 bits per heavy atom. The molecular formula is C9H13NO3S. The molecule has 0 atom stereocenters. The van der Waals surface area contributed by atoms with Gasteiger partial charge in [-0.25, -0.2) is 9.78 Å². The van der Waals surface area contributed by atoms with E-state index in [4.69, 9.17) is 9.84 Å². The second-order valence-corrected chi connectivity index (χ2v) is 4.05. The maximum absolute atomic E-state index is 10.7. The van der Waals surface area contributed by atoms with Crippen LogP contribution in [-0.2, 0) is 11.2 Å². The highest BCUT2D eigenvalue weighted by molar-refractivity contribution is 7.11. The number of ether oxygens (including phenoxy) is 1. The van der Waals surface area contributed by atoms with Gasteiger partial charge in [0.25, 0.3) is 0 Å². The van der Waals surface area contributed by atoms with Crippen molar-refractivity contribution in [1.29, 1.82) is 0 Å². The van der Waals surface area contributed by atoms with Gasteiger partial charge in [-0.2, -0.15) is 0 Å². The molecular weight excluding hydrogens is 202 g/mol. The fourth-order valence-corrected chi connectivity index (χ4v) is 1.97. The third-order valence-corrected chi connectivity index (χ3v) is 2.74. The summed E-state index contributed by atoms with van der Waals surface area (Å²) in [6.07, 6.45) is 0.687. The van der Waals surface area contributed by atoms with E-state index in [1.54, 1.807) is 6.92 Å². The molecule has 1 N–H and O–H groups in total. The summed E-state index contributed by atoms with van der Waals surface area (Å²) in [5.41, 5.74) is 0.168. The number of aromatic nitrogens is 1. The van der Waals surface area contributed by atoms with E-state index >= 15 is 0 Å². The van der Waals surface area contributed by atoms with E-state index < -0.39 is 5.97 Å². The van der Waals surface area contributed by atoms with E-state index in [0.29, 0.717) is 19.6 Å². The Morgan fingerprint density at radius 1 is 1.64 bits per heavy atom. The summed E-state index contributed by atoms with van der Waals surface area (Å²) < 4.78 is 5.17. The number of aromatic carboxylic acids is 1. The van der Waals surface area contributed by atoms with Crippen LogP contribution in [0.5, 0.6) is 0 Å². The van der Waals surface area contributed by atoms with Crippen LogP contribution in [0.2, 0.25) is 0 Å². The Kier molecular flexibility index (Phi) is 4.03. The number of carboxylic acids is 1. The van der Waals surface area contributed by atoms with Crippen molar-refractivity contribution >= 4 is 17.3 Å². The fraction of sp³-hybridized carbons (Fsp3) is 0.556. The zero-order valence-corrected chi connectivity index (χ0v) is 9.06. The highest BCUT2D eigenvalue weighted by Crippen LogP contribution is 2.17. The van der Waals surface area contributed by atoms with Crippen LogP contribution in [0.15, 0.2) is 0 Å². The summed E-state index contributed by atoms with van der Waals surface area (Å²) >= 11 is 1.42. The predicted molar refractivity (Wildman–Crippen MR) is 54.0 cm³/mol. The molecule has 4 nitrogen and oxygen atoms in total. The van der Waals surface area contributed by atoms with Gasteiger partial charge in [-0.3, -0.25) is 0 Å². The quantitative estimate of drug-likeness (QED) is 0.760. The van der Waals surface area contributed by atoms with Crippen molar-refractivity contribution < 1.29 is 14.6 Å². The van der Waals surface area contributed by atoms with Crippen LogP contribution in [0.3, 0.4) is 0 Å². The molecule has 78 valence electrons. The number of nitrogens with zero attached hydrogens (tertiary/aromatic N) is 1. The first kappa shape index (κ1) is 11.1. The number of rotatable bonds is 5. The molecule has 1 aromatic rings. The van der Waals surface area contributed by atoms with Gasteiger partial charge in [0, 0.05) is 17.9 Å². The van der Waals surface area contributed by atoms with Gasteiger partial charge in [0.15, 0.2) is 5.69 Å². The number of carboxylic acid groups (broad SMARTS) is 1. The smallest absolute Gasteiger partial charge is 0.355 e. The topological polar surface area (TPSA) is 59.4 Å². The molecule has 0 unspecified atom stereocenters. The molecule has 0 fully saturated rings. The zero-order chi connectivity index (χ0) is 10.6. The van der Waals surface area contributed by atoms with Crippen molar-refractivity contribution in [1.82, 2.24) is 4.98 Å². The fourth-order valence-electron chi connectivity index (χ4n) is 1.06. The van der Waals surface area contributed by atoms with Crippen molar-refractivity contribution in [2.75, 3.05) is 13.2 Å². The Balaban J connectivity index is 2.62. The van der Waals surface area contributed by atoms with Gasteiger partial charge in [0.05, 0.1) is 11.6 Å². The molecule has 0 spiro atoms. The highest BCUT2D eigenvalue weighted by Gasteiger charge is 2.13. The van der Waals surface area contributed by atoms with E-state index in [-0.39, 0.29) is 5.69 Å². The number of hydrogen-bond acceptors (Lipinski definition) is 4. The van der Waals surface area contributed by atoms with Crippen molar-refractivity contribution in [3.05, 3.63) is 15.6 Å². The van der Waals surface area contributed by atoms with Crippen molar-refractivity contribution in [3.63, 3.8) is 0 Å². The largest absolute Gasteiger partial charge is 0.476 e. The molecule has 0 aliphatic carbocycles. The molecule has 0 saturated carbocycles. The third kappa shape index (κ3) is 2.78. The summed E-state index contributed by atoms with van der Waals surface area (Å²) in [4.78, 5) is 15.5. The van der Waals surface area contributed by atoms with E-state index in [1.807, 2.05) is 6.92 Å². The molecule has 1 aromatic heterocycles. The van der Waals surface area contributed by atoms with Gasteiger partial charge >= 0.3 is 5.97 Å². The zero-order valence-electron chi connectivity index (χ0n) is 8.24. The molecule has 14 heavy (non-hydrogen) atoms. The van der Waals surface area contributed by atoms with Crippen molar-refractivity contribution in [2.45, 2.75) is 20.3 Å². The molecule has 1 rings (SSSR count). The van der Waals surface area contributed by atoms with Gasteiger partial charge < -0.3 is 9.84 Å². The van der Waals surface area contributed by atoms with E-state index in [0.717, 1.165) is 9.88 Å². The monoisotopic (exact) mass is 215 g/mol. The summed E-state index contributed by atoms with van der Waals surface area (Å²) in [6.45, 7) is 4.97. The van der Waals surface area contributed by atoms with Crippen LogP contribution in [0.4, 0.5) is 0 Å². The number of carbonyl (C=O) groups is 1. The normalized spacial score (nSPS) is 10.4. The molecule has 0 amide bonds. The highest BCUT2D eigenvalue weighted by atomic mass is 32.1. The molecule has 0 bridgehead atoms. The lowest BCUT2D eigenvalue weighted by molar-refractivity contribution is 0.0690. The summed E-state index contributed by atoms with van der Waals surface area (Å²) in [5.74, 6) is -0.957. The van der Waals surface area contributed by atoms with Gasteiger partial charge in [0.1, 0.15) is 0 Å². The van der Waals surface area contributed by atoms with Crippen LogP contribution >= 0.6 is 11.3 Å². The lowest BCUT2D eigenvalue weighted by Crippen LogP contribution is -2.01. The molecule has 0 aromatic carbocycles. The number of hydrogen-bond donors (Lipinski definition) is 1. The van der Waals surface area contributed by atoms with E-state index in [9.17, 15) is 4.79 Å². The Morgan fingerprint density at radius 2 is 2.36 bits per heavy atom. The van der Waals surface area contributed by atoms with Crippen LogP contribution < -0.4 is 0 Å². The maximum atomic E-state index is 10.7. The minimum absolute atomic E-state index is 0.168. The van der Waals surface area contributed by atoms with Crippen LogP contribution in [0, 0.1) is 6.92 Å². The van der Waals surface area contributed by atoms with Crippen LogP contribution in [-0.4, -0.2) is 29.3 Å². The van der Waals surface area contributed by atoms with Crippen LogP contribution in [0.25, 0.3) is 0 Å². The maximum Gasteiger partial charge on any atom is 0.355 e. The van der Waals surface area contributed by atoms with Gasteiger partial charge in [0.2, 0.25) is 0 Å². The Labute approximate surface area is 86.6 Å². The second-order valence-electron chi connectivity index (χ2n) is 2.76. The molecule has 5 heteroatoms. The number of aryl methyl sites for hydroxylation is 1. The molecule has 1 heterocycles. The molecule has 0 aliphatic heterocycles. The minimum Gasteiger partial charge on any atom is -0.476 e. The average molecular weight is 215 g/mol. The Hall–Kier alpha value is -0.940. The lowest BCUT2D eigenvalue weighted by Gasteiger charge is -1.96. The van der Waals surface area contributed by atoms with Gasteiger partial charge in [-0.15, -0.1) is 11.3 Å².